The molecule has 0 aliphatic heterocycles. The van der Waals surface area contributed by atoms with Gasteiger partial charge in [0.1, 0.15) is 0 Å². The molecule has 0 spiro atoms. The van der Waals surface area contributed by atoms with Crippen LogP contribution in [-0.2, 0) is 9.53 Å². The number of carbonyl (C=O) groups is 1. The van der Waals surface area contributed by atoms with E-state index in [1.165, 1.54) is 5.57 Å². The third-order valence-electron chi connectivity index (χ3n) is 13.3. The molecule has 0 aromatic rings. The van der Waals surface area contributed by atoms with Crippen molar-refractivity contribution in [3.63, 3.8) is 0 Å². The highest BCUT2D eigenvalue weighted by Gasteiger charge is 2.70. The van der Waals surface area contributed by atoms with Crippen LogP contribution in [0.1, 0.15) is 99.3 Å². The molecule has 0 bridgehead atoms. The molecule has 0 aromatic carbocycles. The average molecular weight is 503 g/mol. The Hall–Kier alpha value is -0.910. The maximum Gasteiger partial charge on any atom is 0.312 e. The highest BCUT2D eigenvalue weighted by molar-refractivity contribution is 5.78. The zero-order valence-electron chi connectivity index (χ0n) is 23.7. The van der Waals surface area contributed by atoms with Crippen LogP contribution in [0.2, 0.25) is 0 Å². The summed E-state index contributed by atoms with van der Waals surface area (Å²) in [6, 6.07) is 0. The van der Waals surface area contributed by atoms with Crippen molar-refractivity contribution in [3.8, 4) is 0 Å². The Labute approximate surface area is 218 Å². The van der Waals surface area contributed by atoms with E-state index >= 15 is 0 Å². The molecule has 4 fully saturated rings. The molecule has 5 nitrogen and oxygen atoms in total. The fourth-order valence-electron chi connectivity index (χ4n) is 11.0. The van der Waals surface area contributed by atoms with Crippen LogP contribution in [-0.4, -0.2) is 47.2 Å². The van der Waals surface area contributed by atoms with Crippen LogP contribution in [0.5, 0.6) is 0 Å². The van der Waals surface area contributed by atoms with Gasteiger partial charge in [-0.2, -0.15) is 0 Å². The molecular weight excluding hydrogens is 452 g/mol. The van der Waals surface area contributed by atoms with Gasteiger partial charge in [0.15, 0.2) is 0 Å². The average Bonchev–Trinajstić information content (AvgIpc) is 2.82. The van der Waals surface area contributed by atoms with E-state index in [1.807, 2.05) is 6.92 Å². The summed E-state index contributed by atoms with van der Waals surface area (Å²) >= 11 is 0. The standard InChI is InChI=1S/C31H50O5/c1-26(2)12-14-31(25(35)36-7)15-13-29(5)19(20(31)16-26)8-9-23-27(3)17-21(33)24(34)28(4,18-32)22(27)10-11-30(23,29)6/h8,20-24,32-34H,9-18H2,1-7H3. The Kier molecular flexibility index (Phi) is 5.97. The Morgan fingerprint density at radius 3 is 2.28 bits per heavy atom. The lowest BCUT2D eigenvalue weighted by Gasteiger charge is -2.71. The van der Waals surface area contributed by atoms with Crippen molar-refractivity contribution >= 4 is 5.97 Å². The molecule has 0 aromatic heterocycles. The summed E-state index contributed by atoms with van der Waals surface area (Å²) in [6.45, 7) is 13.9. The number of fused-ring (bicyclic) bond motifs is 7. The van der Waals surface area contributed by atoms with E-state index in [9.17, 15) is 20.1 Å². The van der Waals surface area contributed by atoms with Gasteiger partial charge in [-0.1, -0.05) is 53.2 Å². The smallest absolute Gasteiger partial charge is 0.312 e. The van der Waals surface area contributed by atoms with Crippen LogP contribution in [0.25, 0.3) is 0 Å². The topological polar surface area (TPSA) is 87.0 Å². The lowest BCUT2D eigenvalue weighted by atomic mass is 9.33. The largest absolute Gasteiger partial charge is 0.469 e. The van der Waals surface area contributed by atoms with Crippen LogP contribution in [0, 0.1) is 50.2 Å². The van der Waals surface area contributed by atoms with Gasteiger partial charge in [0.25, 0.3) is 0 Å². The number of allylic oxidation sites excluding steroid dienone is 2. The van der Waals surface area contributed by atoms with Crippen LogP contribution in [0.3, 0.4) is 0 Å². The van der Waals surface area contributed by atoms with Crippen LogP contribution < -0.4 is 0 Å². The lowest BCUT2D eigenvalue weighted by molar-refractivity contribution is -0.243. The number of hydrogen-bond donors (Lipinski definition) is 3. The SMILES string of the molecule is COC(=O)C12CCC(C)(C)CC1C1=CCC3C4(C)CC(O)C(O)C(C)(CO)C4CCC3(C)C1(C)CC2. The minimum Gasteiger partial charge on any atom is -0.469 e. The fourth-order valence-corrected chi connectivity index (χ4v) is 11.0. The van der Waals surface area contributed by atoms with Crippen molar-refractivity contribution in [2.75, 3.05) is 13.7 Å². The number of methoxy groups -OCH3 is 1. The molecular formula is C31H50O5. The second-order valence-corrected chi connectivity index (χ2v) is 15.2. The molecule has 36 heavy (non-hydrogen) atoms. The van der Waals surface area contributed by atoms with Crippen molar-refractivity contribution in [2.45, 2.75) is 112 Å². The molecule has 0 radical (unpaired) electrons. The molecule has 10 unspecified atom stereocenters. The van der Waals surface area contributed by atoms with E-state index in [-0.39, 0.29) is 46.1 Å². The third kappa shape index (κ3) is 3.14. The first kappa shape index (κ1) is 26.7. The van der Waals surface area contributed by atoms with E-state index in [0.29, 0.717) is 12.3 Å². The van der Waals surface area contributed by atoms with Crippen molar-refractivity contribution in [1.29, 1.82) is 0 Å². The molecule has 5 aliphatic rings. The van der Waals surface area contributed by atoms with Crippen molar-refractivity contribution < 1.29 is 24.9 Å². The van der Waals surface area contributed by atoms with Crippen LogP contribution in [0.4, 0.5) is 0 Å². The van der Waals surface area contributed by atoms with Gasteiger partial charge in [-0.3, -0.25) is 4.79 Å². The van der Waals surface area contributed by atoms with Gasteiger partial charge >= 0.3 is 5.97 Å². The lowest BCUT2D eigenvalue weighted by Crippen LogP contribution is -2.68. The Balaban J connectivity index is 1.61. The van der Waals surface area contributed by atoms with Gasteiger partial charge < -0.3 is 20.1 Å². The maximum absolute atomic E-state index is 13.4. The zero-order valence-corrected chi connectivity index (χ0v) is 23.7. The van der Waals surface area contributed by atoms with Crippen molar-refractivity contribution in [1.82, 2.24) is 0 Å². The molecule has 0 amide bonds. The predicted molar refractivity (Wildman–Crippen MR) is 140 cm³/mol. The van der Waals surface area contributed by atoms with Crippen molar-refractivity contribution in [2.24, 2.45) is 50.2 Å². The molecule has 3 N–H and O–H groups in total. The Morgan fingerprint density at radius 2 is 1.64 bits per heavy atom. The first-order valence-electron chi connectivity index (χ1n) is 14.4. The predicted octanol–water partition coefficient (Wildman–Crippen LogP) is 5.27. The van der Waals surface area contributed by atoms with Gasteiger partial charge in [0.2, 0.25) is 0 Å². The van der Waals surface area contributed by atoms with Gasteiger partial charge in [0, 0.05) is 5.41 Å². The summed E-state index contributed by atoms with van der Waals surface area (Å²) in [4.78, 5) is 13.4. The molecule has 0 saturated heterocycles. The summed E-state index contributed by atoms with van der Waals surface area (Å²) in [5.41, 5.74) is 0.445. The number of aliphatic hydroxyl groups is 3. The van der Waals surface area contributed by atoms with Gasteiger partial charge in [-0.05, 0) is 97.2 Å². The quantitative estimate of drug-likeness (QED) is 0.354. The third-order valence-corrected chi connectivity index (χ3v) is 13.3. The summed E-state index contributed by atoms with van der Waals surface area (Å²) in [7, 11) is 1.55. The zero-order chi connectivity index (χ0) is 26.5. The number of esters is 1. The number of hydrogen-bond acceptors (Lipinski definition) is 5. The molecule has 204 valence electrons. The second-order valence-electron chi connectivity index (χ2n) is 15.2. The fraction of sp³-hybridized carbons (Fsp3) is 0.903. The maximum atomic E-state index is 13.4. The molecule has 5 heteroatoms. The van der Waals surface area contributed by atoms with Gasteiger partial charge in [-0.15, -0.1) is 0 Å². The highest BCUT2D eigenvalue weighted by Crippen LogP contribution is 2.75. The van der Waals surface area contributed by atoms with Gasteiger partial charge in [0.05, 0.1) is 31.3 Å². The van der Waals surface area contributed by atoms with E-state index in [1.54, 1.807) is 7.11 Å². The molecule has 10 atom stereocenters. The monoisotopic (exact) mass is 502 g/mol. The summed E-state index contributed by atoms with van der Waals surface area (Å²) in [5, 5.41) is 32.4. The van der Waals surface area contributed by atoms with Crippen LogP contribution >= 0.6 is 0 Å². The van der Waals surface area contributed by atoms with Crippen molar-refractivity contribution in [3.05, 3.63) is 11.6 Å². The number of rotatable bonds is 2. The first-order chi connectivity index (χ1) is 16.7. The molecule has 0 heterocycles. The minimum atomic E-state index is -0.893. The number of aliphatic hydroxyl groups excluding tert-OH is 3. The Bertz CT molecular complexity index is 957. The first-order valence-corrected chi connectivity index (χ1v) is 14.4. The molecule has 5 aliphatic carbocycles. The molecule has 5 rings (SSSR count). The van der Waals surface area contributed by atoms with E-state index in [4.69, 9.17) is 4.74 Å². The van der Waals surface area contributed by atoms with E-state index < -0.39 is 23.0 Å². The summed E-state index contributed by atoms with van der Waals surface area (Å²) in [6.07, 6.45) is 9.16. The Morgan fingerprint density at radius 1 is 0.972 bits per heavy atom. The van der Waals surface area contributed by atoms with Crippen LogP contribution in [0.15, 0.2) is 11.6 Å². The van der Waals surface area contributed by atoms with Gasteiger partial charge in [-0.25, -0.2) is 0 Å². The summed E-state index contributed by atoms with van der Waals surface area (Å²) < 4.78 is 5.47. The molecule has 4 saturated carbocycles. The second kappa shape index (κ2) is 8.05. The minimum absolute atomic E-state index is 0.0167. The highest BCUT2D eigenvalue weighted by atomic mass is 16.5. The van der Waals surface area contributed by atoms with E-state index in [0.717, 1.165) is 51.4 Å². The number of carbonyl (C=O) groups excluding carboxylic acids is 1. The van der Waals surface area contributed by atoms with E-state index in [2.05, 4.69) is 40.7 Å². The normalized spacial score (nSPS) is 53.7. The summed E-state index contributed by atoms with van der Waals surface area (Å²) in [5.74, 6) is 0.721. The number of ether oxygens (including phenoxy) is 1.